The second-order valence-electron chi connectivity index (χ2n) is 4.91. The number of benzene rings is 1. The average Bonchev–Trinajstić information content (AvgIpc) is 2.60. The highest BCUT2D eigenvalue weighted by molar-refractivity contribution is 5.81. The van der Waals surface area contributed by atoms with Crippen LogP contribution in [0.5, 0.6) is 11.5 Å². The van der Waals surface area contributed by atoms with Gasteiger partial charge in [-0.15, -0.1) is 0 Å². The summed E-state index contributed by atoms with van der Waals surface area (Å²) >= 11 is 0. The summed E-state index contributed by atoms with van der Waals surface area (Å²) in [6.07, 6.45) is -9.43. The molecule has 1 N–H and O–H groups in total. The fourth-order valence-electron chi connectivity index (χ4n) is 1.67. The first-order chi connectivity index (χ1) is 12.9. The molecule has 0 aromatic heterocycles. The second-order valence-corrected chi connectivity index (χ2v) is 4.91. The number of carbonyl (C=O) groups is 2. The van der Waals surface area contributed by atoms with Crippen molar-refractivity contribution < 1.29 is 50.1 Å². The molecule has 28 heavy (non-hydrogen) atoms. The Labute approximate surface area is 156 Å². The third kappa shape index (κ3) is 9.33. The number of methoxy groups -OCH3 is 2. The van der Waals surface area contributed by atoms with Gasteiger partial charge in [-0.25, -0.2) is 4.79 Å². The number of esters is 1. The molecular formula is C16H19F6NO5. The maximum atomic E-state index is 11.9. The van der Waals surface area contributed by atoms with Gasteiger partial charge in [0.25, 0.3) is 0 Å². The van der Waals surface area contributed by atoms with Crippen LogP contribution in [0.25, 0.3) is 0 Å². The van der Waals surface area contributed by atoms with E-state index in [1.54, 1.807) is 23.5 Å². The van der Waals surface area contributed by atoms with E-state index >= 15 is 0 Å². The summed E-state index contributed by atoms with van der Waals surface area (Å²) in [6.45, 7) is 0.954. The van der Waals surface area contributed by atoms with Crippen molar-refractivity contribution in [3.63, 3.8) is 0 Å². The summed E-state index contributed by atoms with van der Waals surface area (Å²) in [7, 11) is 2.95. The molecule has 0 radical (unpaired) electrons. The smallest absolute Gasteiger partial charge is 0.490 e. The van der Waals surface area contributed by atoms with E-state index in [2.05, 4.69) is 4.74 Å². The van der Waals surface area contributed by atoms with Gasteiger partial charge in [0.2, 0.25) is 0 Å². The van der Waals surface area contributed by atoms with Gasteiger partial charge in [0.15, 0.2) is 11.5 Å². The van der Waals surface area contributed by atoms with Crippen LogP contribution in [0.1, 0.15) is 12.5 Å². The van der Waals surface area contributed by atoms with Gasteiger partial charge in [-0.05, 0) is 31.0 Å². The van der Waals surface area contributed by atoms with Crippen LogP contribution in [0.3, 0.4) is 0 Å². The summed E-state index contributed by atoms with van der Waals surface area (Å²) in [6, 6.07) is 5.00. The van der Waals surface area contributed by atoms with E-state index in [1.165, 1.54) is 21.1 Å². The second kappa shape index (κ2) is 11.2. The van der Waals surface area contributed by atoms with Gasteiger partial charge in [-0.3, -0.25) is 4.79 Å². The number of hydrogen-bond acceptors (Lipinski definition) is 5. The summed E-state index contributed by atoms with van der Waals surface area (Å²) in [5, 5.41) is 1.80. The van der Waals surface area contributed by atoms with Crippen LogP contribution >= 0.6 is 0 Å². The zero-order chi connectivity index (χ0) is 22.0. The molecule has 1 aromatic carbocycles. The monoisotopic (exact) mass is 419 g/mol. The number of amides is 1. The lowest BCUT2D eigenvalue weighted by molar-refractivity contribution is -0.199. The fraction of sp³-hybridized carbons (Fsp3) is 0.500. The first kappa shape index (κ1) is 25.3. The molecule has 0 aliphatic heterocycles. The summed E-state index contributed by atoms with van der Waals surface area (Å²) in [5.41, 5.74) is 0.736. The minimum Gasteiger partial charge on any atom is -0.493 e. The molecule has 1 rings (SSSR count). The zero-order valence-corrected chi connectivity index (χ0v) is 15.2. The van der Waals surface area contributed by atoms with Gasteiger partial charge < -0.3 is 19.5 Å². The summed E-state index contributed by atoms with van der Waals surface area (Å²) in [4.78, 5) is 20.3. The van der Waals surface area contributed by atoms with E-state index < -0.39 is 24.2 Å². The van der Waals surface area contributed by atoms with Gasteiger partial charge >= 0.3 is 24.2 Å². The lowest BCUT2D eigenvalue weighted by Crippen LogP contribution is -2.37. The first-order valence-electron chi connectivity index (χ1n) is 7.66. The van der Waals surface area contributed by atoms with Gasteiger partial charge in [0.05, 0.1) is 20.8 Å². The van der Waals surface area contributed by atoms with E-state index in [4.69, 9.17) is 9.47 Å². The molecule has 1 amide bonds. The van der Waals surface area contributed by atoms with Crippen LogP contribution in [-0.4, -0.2) is 51.6 Å². The molecule has 6 nitrogen and oxygen atoms in total. The van der Waals surface area contributed by atoms with Crippen molar-refractivity contribution in [2.75, 3.05) is 27.4 Å². The number of nitrogens with one attached hydrogen (secondary N) is 1. The number of carbonyl (C=O) groups excluding carboxylic acids is 2. The molecule has 0 spiro atoms. The molecule has 1 aromatic rings. The molecule has 0 aliphatic carbocycles. The molecule has 12 heteroatoms. The van der Waals surface area contributed by atoms with E-state index in [9.17, 15) is 35.9 Å². The molecule has 0 saturated carbocycles. The molecule has 0 aliphatic rings. The summed E-state index contributed by atoms with van der Waals surface area (Å²) in [5.74, 6) is -3.05. The number of rotatable bonds is 6. The lowest BCUT2D eigenvalue weighted by Gasteiger charge is -2.10. The van der Waals surface area contributed by atoms with Crippen LogP contribution in [0.2, 0.25) is 0 Å². The van der Waals surface area contributed by atoms with E-state index in [0.717, 1.165) is 5.56 Å². The third-order valence-corrected chi connectivity index (χ3v) is 2.91. The molecule has 0 unspecified atom stereocenters. The summed E-state index contributed by atoms with van der Waals surface area (Å²) < 4.78 is 83.1. The quantitative estimate of drug-likeness (QED) is 0.567. The number of alkyl halides is 6. The Morgan fingerprint density at radius 3 is 1.93 bits per heavy atom. The number of halogens is 6. The molecule has 0 fully saturated rings. The Balaban J connectivity index is 0.000000684. The molecule has 0 atom stereocenters. The Bertz CT molecular complexity index is 645. The number of ether oxygens (including phenoxy) is 3. The topological polar surface area (TPSA) is 73.9 Å². The van der Waals surface area contributed by atoms with Crippen LogP contribution in [-0.2, 0) is 20.7 Å². The van der Waals surface area contributed by atoms with Crippen molar-refractivity contribution >= 4 is 11.9 Å². The normalized spacial score (nSPS) is 11.0. The van der Waals surface area contributed by atoms with Crippen molar-refractivity contribution in [2.45, 2.75) is 25.7 Å². The molecule has 0 saturated heterocycles. The van der Waals surface area contributed by atoms with Crippen LogP contribution in [0.4, 0.5) is 26.3 Å². The lowest BCUT2D eigenvalue weighted by atomic mass is 10.1. The van der Waals surface area contributed by atoms with Crippen molar-refractivity contribution in [3.05, 3.63) is 23.8 Å². The Morgan fingerprint density at radius 1 is 0.964 bits per heavy atom. The number of hydrogen-bond donors (Lipinski definition) is 1. The highest BCUT2D eigenvalue weighted by atomic mass is 19.4. The standard InChI is InChI=1S/C12H14F3NO3.C4H5F3O2/c1-18-9-4-3-8(7-10(9)19-2)5-6-16-11(17)12(13,14)15;1-2-9-3(8)4(5,6)7/h3-4,7H,5-6H2,1-2H3,(H,16,17);2H2,1H3. The van der Waals surface area contributed by atoms with Crippen molar-refractivity contribution in [2.24, 2.45) is 0 Å². The highest BCUT2D eigenvalue weighted by Gasteiger charge is 2.40. The van der Waals surface area contributed by atoms with Gasteiger partial charge in [-0.2, -0.15) is 26.3 Å². The van der Waals surface area contributed by atoms with Crippen LogP contribution < -0.4 is 14.8 Å². The Morgan fingerprint density at radius 2 is 1.54 bits per heavy atom. The third-order valence-electron chi connectivity index (χ3n) is 2.91. The van der Waals surface area contributed by atoms with Gasteiger partial charge in [-0.1, -0.05) is 6.07 Å². The fourth-order valence-corrected chi connectivity index (χ4v) is 1.67. The maximum Gasteiger partial charge on any atom is 0.490 e. The van der Waals surface area contributed by atoms with Gasteiger partial charge in [0.1, 0.15) is 0 Å². The van der Waals surface area contributed by atoms with E-state index in [1.807, 2.05) is 0 Å². The van der Waals surface area contributed by atoms with Crippen molar-refractivity contribution in [3.8, 4) is 11.5 Å². The molecule has 0 heterocycles. The minimum absolute atomic E-state index is 0.103. The molecule has 160 valence electrons. The van der Waals surface area contributed by atoms with Crippen LogP contribution in [0.15, 0.2) is 18.2 Å². The average molecular weight is 419 g/mol. The Kier molecular flexibility index (Phi) is 10.2. The first-order valence-corrected chi connectivity index (χ1v) is 7.66. The molecular weight excluding hydrogens is 400 g/mol. The molecule has 0 bridgehead atoms. The predicted octanol–water partition coefficient (Wildman–Crippen LogP) is 3.04. The predicted molar refractivity (Wildman–Crippen MR) is 85.0 cm³/mol. The van der Waals surface area contributed by atoms with Crippen LogP contribution in [0, 0.1) is 0 Å². The van der Waals surface area contributed by atoms with Crippen molar-refractivity contribution in [1.82, 2.24) is 5.32 Å². The minimum atomic E-state index is -4.85. The Hall–Kier alpha value is -2.66. The SMILES string of the molecule is CCOC(=O)C(F)(F)F.COc1ccc(CCNC(=O)C(F)(F)F)cc1OC. The largest absolute Gasteiger partial charge is 0.493 e. The zero-order valence-electron chi connectivity index (χ0n) is 15.2. The van der Waals surface area contributed by atoms with E-state index in [-0.39, 0.29) is 19.6 Å². The van der Waals surface area contributed by atoms with Crippen molar-refractivity contribution in [1.29, 1.82) is 0 Å². The maximum absolute atomic E-state index is 11.9. The van der Waals surface area contributed by atoms with E-state index in [0.29, 0.717) is 11.5 Å². The highest BCUT2D eigenvalue weighted by Crippen LogP contribution is 2.27. The van der Waals surface area contributed by atoms with Gasteiger partial charge in [0, 0.05) is 6.54 Å².